The van der Waals surface area contributed by atoms with Gasteiger partial charge >= 0.3 is 0 Å². The third-order valence-corrected chi connectivity index (χ3v) is 2.62. The first-order valence-corrected chi connectivity index (χ1v) is 5.86. The molecule has 2 N–H and O–H groups in total. The molecule has 5 nitrogen and oxygen atoms in total. The Bertz CT molecular complexity index is 369. The zero-order valence-electron chi connectivity index (χ0n) is 7.47. The van der Waals surface area contributed by atoms with E-state index in [0.29, 0.717) is 13.1 Å². The predicted molar refractivity (Wildman–Crippen MR) is 49.0 cm³/mol. The highest BCUT2D eigenvalue weighted by Crippen LogP contribution is 2.05. The van der Waals surface area contributed by atoms with E-state index in [4.69, 9.17) is 5.73 Å². The Hall–Kier alpha value is -0.880. The summed E-state index contributed by atoms with van der Waals surface area (Å²) in [5, 5.41) is 0.112. The summed E-state index contributed by atoms with van der Waals surface area (Å²) in [5.41, 5.74) is 5.32. The highest BCUT2D eigenvalue weighted by Gasteiger charge is 2.13. The van der Waals surface area contributed by atoms with Gasteiger partial charge in [0.15, 0.2) is 0 Å². The van der Waals surface area contributed by atoms with Gasteiger partial charge in [-0.25, -0.2) is 13.4 Å². The zero-order valence-corrected chi connectivity index (χ0v) is 8.29. The molecule has 1 aromatic heterocycles. The number of aromatic nitrogens is 2. The van der Waals surface area contributed by atoms with Gasteiger partial charge in [-0.2, -0.15) is 0 Å². The van der Waals surface area contributed by atoms with Crippen LogP contribution in [-0.4, -0.2) is 30.8 Å². The van der Waals surface area contributed by atoms with Crippen molar-refractivity contribution in [1.82, 2.24) is 9.55 Å². The Morgan fingerprint density at radius 1 is 1.62 bits per heavy atom. The summed E-state index contributed by atoms with van der Waals surface area (Å²) < 4.78 is 23.9. The molecule has 1 heterocycles. The van der Waals surface area contributed by atoms with Crippen molar-refractivity contribution in [2.45, 2.75) is 18.1 Å². The van der Waals surface area contributed by atoms with Crippen molar-refractivity contribution in [3.8, 4) is 0 Å². The van der Waals surface area contributed by atoms with Crippen molar-refractivity contribution in [2.24, 2.45) is 5.73 Å². The van der Waals surface area contributed by atoms with Crippen LogP contribution in [-0.2, 0) is 16.4 Å². The fourth-order valence-electron chi connectivity index (χ4n) is 1.06. The fourth-order valence-corrected chi connectivity index (χ4v) is 1.89. The van der Waals surface area contributed by atoms with Gasteiger partial charge in [0.1, 0.15) is 0 Å². The monoisotopic (exact) mass is 203 g/mol. The molecule has 6 heteroatoms. The first kappa shape index (κ1) is 10.2. The maximum absolute atomic E-state index is 11.2. The Kier molecular flexibility index (Phi) is 3.05. The summed E-state index contributed by atoms with van der Waals surface area (Å²) in [7, 11) is -3.21. The molecule has 1 aromatic rings. The number of hydrogen-bond donors (Lipinski definition) is 1. The molecule has 13 heavy (non-hydrogen) atoms. The molecular weight excluding hydrogens is 190 g/mol. The summed E-state index contributed by atoms with van der Waals surface area (Å²) in [6.07, 6.45) is 5.02. The third-order valence-electron chi connectivity index (χ3n) is 1.61. The van der Waals surface area contributed by atoms with E-state index in [1.165, 1.54) is 6.20 Å². The van der Waals surface area contributed by atoms with Crippen LogP contribution < -0.4 is 5.73 Å². The average molecular weight is 203 g/mol. The molecule has 74 valence electrons. The van der Waals surface area contributed by atoms with Gasteiger partial charge in [0.2, 0.25) is 15.0 Å². The van der Waals surface area contributed by atoms with E-state index < -0.39 is 9.84 Å². The molecule has 0 spiro atoms. The number of rotatable bonds is 4. The van der Waals surface area contributed by atoms with Crippen molar-refractivity contribution >= 4 is 9.84 Å². The molecule has 0 atom stereocenters. The van der Waals surface area contributed by atoms with E-state index in [0.717, 1.165) is 12.7 Å². The minimum Gasteiger partial charge on any atom is -0.330 e. The lowest BCUT2D eigenvalue weighted by Crippen LogP contribution is -2.11. The Morgan fingerprint density at radius 2 is 2.31 bits per heavy atom. The first-order chi connectivity index (χ1) is 6.05. The number of aryl methyl sites for hydroxylation is 1. The summed E-state index contributed by atoms with van der Waals surface area (Å²) >= 11 is 0. The number of imidazole rings is 1. The molecule has 1 rings (SSSR count). The molecule has 0 amide bonds. The standard InChI is InChI=1S/C7H13N3O2S/c1-13(11,12)7-9-4-6-10(7)5-2-3-8/h4,6H,2-3,5,8H2,1H3. The molecule has 0 fully saturated rings. The average Bonchev–Trinajstić information content (AvgIpc) is 2.47. The van der Waals surface area contributed by atoms with E-state index in [1.54, 1.807) is 10.8 Å². The Balaban J connectivity index is 2.90. The van der Waals surface area contributed by atoms with Gasteiger partial charge in [0, 0.05) is 25.2 Å². The van der Waals surface area contributed by atoms with E-state index in [2.05, 4.69) is 4.98 Å². The number of sulfone groups is 1. The van der Waals surface area contributed by atoms with Crippen molar-refractivity contribution in [1.29, 1.82) is 0 Å². The van der Waals surface area contributed by atoms with Crippen LogP contribution in [0.5, 0.6) is 0 Å². The van der Waals surface area contributed by atoms with E-state index >= 15 is 0 Å². The van der Waals surface area contributed by atoms with Crippen LogP contribution in [0.25, 0.3) is 0 Å². The van der Waals surface area contributed by atoms with Crippen LogP contribution in [0, 0.1) is 0 Å². The van der Waals surface area contributed by atoms with Crippen LogP contribution >= 0.6 is 0 Å². The summed E-state index contributed by atoms with van der Waals surface area (Å²) in [4.78, 5) is 3.77. The lowest BCUT2D eigenvalue weighted by molar-refractivity contribution is 0.555. The number of hydrogen-bond acceptors (Lipinski definition) is 4. The topological polar surface area (TPSA) is 78.0 Å². The molecule has 0 saturated heterocycles. The van der Waals surface area contributed by atoms with Gasteiger partial charge in [-0.05, 0) is 13.0 Å². The van der Waals surface area contributed by atoms with Gasteiger partial charge < -0.3 is 10.3 Å². The molecule has 0 saturated carbocycles. The fraction of sp³-hybridized carbons (Fsp3) is 0.571. The lowest BCUT2D eigenvalue weighted by Gasteiger charge is -2.03. The second-order valence-corrected chi connectivity index (χ2v) is 4.73. The summed E-state index contributed by atoms with van der Waals surface area (Å²) in [5.74, 6) is 0. The Labute approximate surface area is 77.5 Å². The quantitative estimate of drug-likeness (QED) is 0.724. The van der Waals surface area contributed by atoms with Crippen molar-refractivity contribution in [3.63, 3.8) is 0 Å². The zero-order chi connectivity index (χ0) is 9.90. The number of nitrogens with two attached hydrogens (primary N) is 1. The summed E-state index contributed by atoms with van der Waals surface area (Å²) in [6, 6.07) is 0. The molecule has 0 radical (unpaired) electrons. The number of nitrogens with zero attached hydrogens (tertiary/aromatic N) is 2. The second kappa shape index (κ2) is 3.89. The summed E-state index contributed by atoms with van der Waals surface area (Å²) in [6.45, 7) is 1.14. The highest BCUT2D eigenvalue weighted by atomic mass is 32.2. The van der Waals surface area contributed by atoms with Crippen molar-refractivity contribution in [2.75, 3.05) is 12.8 Å². The predicted octanol–water partition coefficient (Wildman–Crippen LogP) is -0.365. The van der Waals surface area contributed by atoms with Crippen LogP contribution in [0.1, 0.15) is 6.42 Å². The van der Waals surface area contributed by atoms with Gasteiger partial charge in [0.05, 0.1) is 0 Å². The van der Waals surface area contributed by atoms with Crippen LogP contribution in [0.15, 0.2) is 17.6 Å². The van der Waals surface area contributed by atoms with Crippen molar-refractivity contribution < 1.29 is 8.42 Å². The molecule has 0 aromatic carbocycles. The molecular formula is C7H13N3O2S. The third kappa shape index (κ3) is 2.53. The van der Waals surface area contributed by atoms with E-state index in [1.807, 2.05) is 0 Å². The normalized spacial score (nSPS) is 11.8. The lowest BCUT2D eigenvalue weighted by atomic mass is 10.4. The van der Waals surface area contributed by atoms with Crippen LogP contribution in [0.4, 0.5) is 0 Å². The molecule has 0 unspecified atom stereocenters. The maximum Gasteiger partial charge on any atom is 0.227 e. The molecule has 0 aliphatic heterocycles. The van der Waals surface area contributed by atoms with Crippen LogP contribution in [0.3, 0.4) is 0 Å². The van der Waals surface area contributed by atoms with Gasteiger partial charge in [0.25, 0.3) is 0 Å². The Morgan fingerprint density at radius 3 is 2.85 bits per heavy atom. The highest BCUT2D eigenvalue weighted by molar-refractivity contribution is 7.90. The molecule has 0 aliphatic rings. The first-order valence-electron chi connectivity index (χ1n) is 3.97. The van der Waals surface area contributed by atoms with Crippen LogP contribution in [0.2, 0.25) is 0 Å². The van der Waals surface area contributed by atoms with Crippen molar-refractivity contribution in [3.05, 3.63) is 12.4 Å². The SMILES string of the molecule is CS(=O)(=O)c1nccn1CCCN. The second-order valence-electron chi connectivity index (χ2n) is 2.82. The largest absolute Gasteiger partial charge is 0.330 e. The van der Waals surface area contributed by atoms with Gasteiger partial charge in [-0.3, -0.25) is 0 Å². The van der Waals surface area contributed by atoms with E-state index in [-0.39, 0.29) is 5.16 Å². The van der Waals surface area contributed by atoms with E-state index in [9.17, 15) is 8.42 Å². The minimum atomic E-state index is -3.21. The molecule has 0 bridgehead atoms. The minimum absolute atomic E-state index is 0.112. The van der Waals surface area contributed by atoms with Gasteiger partial charge in [-0.1, -0.05) is 0 Å². The smallest absolute Gasteiger partial charge is 0.227 e. The van der Waals surface area contributed by atoms with Gasteiger partial charge in [-0.15, -0.1) is 0 Å². The maximum atomic E-state index is 11.2. The molecule has 0 aliphatic carbocycles.